The normalized spacial score (nSPS) is 11.3. The second kappa shape index (κ2) is 5.10. The van der Waals surface area contributed by atoms with Gasteiger partial charge in [-0.25, -0.2) is 8.42 Å². The first kappa shape index (κ1) is 13.7. The van der Waals surface area contributed by atoms with Crippen molar-refractivity contribution >= 4 is 33.0 Å². The highest BCUT2D eigenvalue weighted by atomic mass is 35.5. The highest BCUT2D eigenvalue weighted by Crippen LogP contribution is 2.28. The fourth-order valence-corrected chi connectivity index (χ4v) is 2.84. The summed E-state index contributed by atoms with van der Waals surface area (Å²) in [6.45, 7) is 0. The van der Waals surface area contributed by atoms with Crippen LogP contribution in [0.3, 0.4) is 0 Å². The van der Waals surface area contributed by atoms with Gasteiger partial charge in [0.05, 0.1) is 22.6 Å². The van der Waals surface area contributed by atoms with Crippen molar-refractivity contribution in [3.05, 3.63) is 35.6 Å². The van der Waals surface area contributed by atoms with E-state index in [1.165, 1.54) is 12.4 Å². The first-order valence-corrected chi connectivity index (χ1v) is 7.25. The molecule has 1 aromatic heterocycles. The van der Waals surface area contributed by atoms with Gasteiger partial charge in [0.25, 0.3) is 10.0 Å². The highest BCUT2D eigenvalue weighted by molar-refractivity contribution is 7.92. The van der Waals surface area contributed by atoms with Crippen LogP contribution in [0.4, 0.5) is 11.4 Å². The van der Waals surface area contributed by atoms with E-state index in [1.54, 1.807) is 18.2 Å². The number of rotatable bonds is 4. The van der Waals surface area contributed by atoms with Crippen molar-refractivity contribution in [2.24, 2.45) is 0 Å². The standard InChI is InChI=1S/C11H13ClN4O2S/c1-16(2)11-4-3-8(5-10(11)12)15-19(17,18)9-6-13-14-7-9/h3-7,15H,1-2H3,(H,13,14). The summed E-state index contributed by atoms with van der Waals surface area (Å²) in [5.41, 5.74) is 1.21. The molecule has 0 spiro atoms. The molecule has 0 atom stereocenters. The lowest BCUT2D eigenvalue weighted by Gasteiger charge is -2.15. The Kier molecular flexibility index (Phi) is 3.68. The van der Waals surface area contributed by atoms with E-state index >= 15 is 0 Å². The molecule has 2 rings (SSSR count). The molecule has 0 aliphatic carbocycles. The highest BCUT2D eigenvalue weighted by Gasteiger charge is 2.15. The summed E-state index contributed by atoms with van der Waals surface area (Å²) in [5.74, 6) is 0. The van der Waals surface area contributed by atoms with Crippen LogP contribution < -0.4 is 9.62 Å². The van der Waals surface area contributed by atoms with E-state index in [9.17, 15) is 8.42 Å². The molecule has 0 aliphatic heterocycles. The number of sulfonamides is 1. The van der Waals surface area contributed by atoms with E-state index in [4.69, 9.17) is 11.6 Å². The van der Waals surface area contributed by atoms with Gasteiger partial charge in [-0.1, -0.05) is 11.6 Å². The molecule has 8 heteroatoms. The number of benzene rings is 1. The molecule has 19 heavy (non-hydrogen) atoms. The Morgan fingerprint density at radius 1 is 1.37 bits per heavy atom. The minimum absolute atomic E-state index is 0.0697. The Bertz CT molecular complexity index is 668. The average Bonchev–Trinajstić information content (AvgIpc) is 2.81. The number of nitrogens with zero attached hydrogens (tertiary/aromatic N) is 2. The Balaban J connectivity index is 2.28. The van der Waals surface area contributed by atoms with Gasteiger partial charge in [-0.15, -0.1) is 0 Å². The van der Waals surface area contributed by atoms with E-state index in [-0.39, 0.29) is 4.90 Å². The van der Waals surface area contributed by atoms with Crippen LogP contribution in [0.5, 0.6) is 0 Å². The molecule has 0 saturated heterocycles. The lowest BCUT2D eigenvalue weighted by Crippen LogP contribution is -2.13. The van der Waals surface area contributed by atoms with Crippen LogP contribution in [-0.4, -0.2) is 32.7 Å². The van der Waals surface area contributed by atoms with Gasteiger partial charge in [0.1, 0.15) is 4.90 Å². The third-order valence-electron chi connectivity index (χ3n) is 2.47. The van der Waals surface area contributed by atoms with Crippen molar-refractivity contribution in [3.63, 3.8) is 0 Å². The molecular weight excluding hydrogens is 288 g/mol. The number of nitrogens with one attached hydrogen (secondary N) is 2. The molecule has 2 N–H and O–H groups in total. The number of aromatic nitrogens is 2. The summed E-state index contributed by atoms with van der Waals surface area (Å²) in [4.78, 5) is 1.91. The van der Waals surface area contributed by atoms with E-state index in [1.807, 2.05) is 19.0 Å². The molecule has 0 bridgehead atoms. The van der Waals surface area contributed by atoms with Crippen molar-refractivity contribution in [2.45, 2.75) is 4.90 Å². The van der Waals surface area contributed by atoms with Crippen molar-refractivity contribution < 1.29 is 8.42 Å². The van der Waals surface area contributed by atoms with Crippen molar-refractivity contribution in [2.75, 3.05) is 23.7 Å². The predicted molar refractivity (Wildman–Crippen MR) is 75.2 cm³/mol. The molecule has 0 fully saturated rings. The second-order valence-electron chi connectivity index (χ2n) is 4.10. The number of aromatic amines is 1. The van der Waals surface area contributed by atoms with Crippen LogP contribution in [0.15, 0.2) is 35.5 Å². The summed E-state index contributed by atoms with van der Waals surface area (Å²) in [7, 11) is 0.0795. The monoisotopic (exact) mass is 300 g/mol. The van der Waals surface area contributed by atoms with Crippen LogP contribution in [-0.2, 0) is 10.0 Å². The number of H-pyrrole nitrogens is 1. The zero-order chi connectivity index (χ0) is 14.0. The van der Waals surface area contributed by atoms with Gasteiger partial charge in [0, 0.05) is 20.3 Å². The zero-order valence-corrected chi connectivity index (χ0v) is 12.0. The molecule has 0 radical (unpaired) electrons. The summed E-state index contributed by atoms with van der Waals surface area (Å²) in [6, 6.07) is 4.96. The number of halogens is 1. The topological polar surface area (TPSA) is 78.1 Å². The fraction of sp³-hybridized carbons (Fsp3) is 0.182. The largest absolute Gasteiger partial charge is 0.376 e. The molecule has 0 amide bonds. The average molecular weight is 301 g/mol. The van der Waals surface area contributed by atoms with Crippen LogP contribution in [0, 0.1) is 0 Å². The molecule has 1 heterocycles. The van der Waals surface area contributed by atoms with E-state index < -0.39 is 10.0 Å². The van der Waals surface area contributed by atoms with E-state index in [0.717, 1.165) is 5.69 Å². The molecule has 0 unspecified atom stereocenters. The molecule has 0 aliphatic rings. The van der Waals surface area contributed by atoms with Crippen LogP contribution in [0.2, 0.25) is 5.02 Å². The van der Waals surface area contributed by atoms with Gasteiger partial charge in [0.15, 0.2) is 0 Å². The summed E-state index contributed by atoms with van der Waals surface area (Å²) < 4.78 is 26.4. The minimum atomic E-state index is -3.64. The SMILES string of the molecule is CN(C)c1ccc(NS(=O)(=O)c2cn[nH]c2)cc1Cl. The predicted octanol–water partition coefficient (Wildman–Crippen LogP) is 1.93. The summed E-state index contributed by atoms with van der Waals surface area (Å²) in [5, 5.41) is 6.53. The first-order valence-electron chi connectivity index (χ1n) is 5.38. The third-order valence-corrected chi connectivity index (χ3v) is 4.12. The Morgan fingerprint density at radius 2 is 2.11 bits per heavy atom. The van der Waals surface area contributed by atoms with Gasteiger partial charge in [-0.3, -0.25) is 9.82 Å². The van der Waals surface area contributed by atoms with Gasteiger partial charge in [-0.05, 0) is 18.2 Å². The Labute approximate surface area is 116 Å². The Morgan fingerprint density at radius 3 is 2.63 bits per heavy atom. The number of hydrogen-bond donors (Lipinski definition) is 2. The van der Waals surface area contributed by atoms with Crippen LogP contribution in [0.1, 0.15) is 0 Å². The maximum absolute atomic E-state index is 12.0. The quantitative estimate of drug-likeness (QED) is 0.904. The van der Waals surface area contributed by atoms with Gasteiger partial charge in [0.2, 0.25) is 0 Å². The van der Waals surface area contributed by atoms with Crippen molar-refractivity contribution in [1.29, 1.82) is 0 Å². The molecule has 2 aromatic rings. The zero-order valence-electron chi connectivity index (χ0n) is 10.4. The maximum atomic E-state index is 12.0. The smallest absolute Gasteiger partial charge is 0.265 e. The summed E-state index contributed by atoms with van der Waals surface area (Å²) in [6.07, 6.45) is 2.54. The molecular formula is C11H13ClN4O2S. The lowest BCUT2D eigenvalue weighted by atomic mass is 10.3. The third kappa shape index (κ3) is 2.99. The minimum Gasteiger partial charge on any atom is -0.376 e. The first-order chi connectivity index (χ1) is 8.90. The molecule has 0 saturated carbocycles. The van der Waals surface area contributed by atoms with E-state index in [2.05, 4.69) is 14.9 Å². The Hall–Kier alpha value is -1.73. The van der Waals surface area contributed by atoms with Gasteiger partial charge < -0.3 is 4.90 Å². The van der Waals surface area contributed by atoms with Crippen LogP contribution in [0.25, 0.3) is 0 Å². The van der Waals surface area contributed by atoms with E-state index in [0.29, 0.717) is 10.7 Å². The fourth-order valence-electron chi connectivity index (χ4n) is 1.53. The second-order valence-corrected chi connectivity index (χ2v) is 6.19. The van der Waals surface area contributed by atoms with Crippen molar-refractivity contribution in [3.8, 4) is 0 Å². The number of anilines is 2. The van der Waals surface area contributed by atoms with Crippen molar-refractivity contribution in [1.82, 2.24) is 10.2 Å². The maximum Gasteiger partial charge on any atom is 0.265 e. The summed E-state index contributed by atoms with van der Waals surface area (Å²) >= 11 is 6.08. The molecule has 102 valence electrons. The molecule has 6 nitrogen and oxygen atoms in total. The lowest BCUT2D eigenvalue weighted by molar-refractivity contribution is 0.601. The van der Waals surface area contributed by atoms with Gasteiger partial charge >= 0.3 is 0 Å². The molecule has 1 aromatic carbocycles. The van der Waals surface area contributed by atoms with Gasteiger partial charge in [-0.2, -0.15) is 5.10 Å². The number of hydrogen-bond acceptors (Lipinski definition) is 4. The van der Waals surface area contributed by atoms with Crippen LogP contribution >= 0.6 is 11.6 Å².